The van der Waals surface area contributed by atoms with Crippen molar-refractivity contribution < 1.29 is 32.0 Å². The number of nitrogens with one attached hydrogen (secondary N) is 2. The number of alkyl halides is 3. The Morgan fingerprint density at radius 3 is 2.82 bits per heavy atom. The molecule has 1 fully saturated rings. The molecule has 0 radical (unpaired) electrons. The maximum Gasteiger partial charge on any atom is 0.422 e. The van der Waals surface area contributed by atoms with Gasteiger partial charge in [-0.1, -0.05) is 30.1 Å². The third kappa shape index (κ3) is 6.53. The summed E-state index contributed by atoms with van der Waals surface area (Å²) in [7, 11) is 0. The lowest BCUT2D eigenvalue weighted by Crippen LogP contribution is -2.42. The molecule has 2 amide bonds. The number of carbonyl (C=O) groups is 2. The SMILES string of the molecule is O=C(NCc1c2c(nn1CCC1CC1)C[C@H](CCc1cccc(OCC(F)(F)F)c1)NC2=O)c1ccno1. The van der Waals surface area contributed by atoms with Crippen LogP contribution in [0.3, 0.4) is 0 Å². The Labute approximate surface area is 216 Å². The van der Waals surface area contributed by atoms with Crippen molar-refractivity contribution >= 4 is 11.8 Å². The van der Waals surface area contributed by atoms with E-state index < -0.39 is 18.7 Å². The Morgan fingerprint density at radius 2 is 2.08 bits per heavy atom. The smallest absolute Gasteiger partial charge is 0.422 e. The molecule has 0 bridgehead atoms. The van der Waals surface area contributed by atoms with Gasteiger partial charge in [0.15, 0.2) is 6.61 Å². The van der Waals surface area contributed by atoms with Gasteiger partial charge in [0.05, 0.1) is 29.7 Å². The minimum Gasteiger partial charge on any atom is -0.484 e. The monoisotopic (exact) mass is 531 g/mol. The minimum absolute atomic E-state index is 0.0836. The largest absolute Gasteiger partial charge is 0.484 e. The lowest BCUT2D eigenvalue weighted by Gasteiger charge is -2.23. The fraction of sp³-hybridized carbons (Fsp3) is 0.462. The van der Waals surface area contributed by atoms with Gasteiger partial charge in [0.25, 0.3) is 11.8 Å². The summed E-state index contributed by atoms with van der Waals surface area (Å²) in [5, 5.41) is 14.1. The average molecular weight is 532 g/mol. The fourth-order valence-corrected chi connectivity index (χ4v) is 4.63. The molecule has 1 aliphatic carbocycles. The van der Waals surface area contributed by atoms with Crippen molar-refractivity contribution in [2.45, 2.75) is 63.8 Å². The van der Waals surface area contributed by atoms with E-state index in [-0.39, 0.29) is 30.0 Å². The zero-order chi connectivity index (χ0) is 26.7. The second kappa shape index (κ2) is 10.9. The highest BCUT2D eigenvalue weighted by Crippen LogP contribution is 2.33. The Morgan fingerprint density at radius 1 is 1.24 bits per heavy atom. The molecule has 12 heteroatoms. The Bertz CT molecular complexity index is 1280. The maximum absolute atomic E-state index is 13.2. The maximum atomic E-state index is 13.2. The van der Waals surface area contributed by atoms with E-state index in [0.29, 0.717) is 48.7 Å². The molecule has 38 heavy (non-hydrogen) atoms. The predicted octanol–water partition coefficient (Wildman–Crippen LogP) is 3.83. The summed E-state index contributed by atoms with van der Waals surface area (Å²) in [6.45, 7) is -0.564. The van der Waals surface area contributed by atoms with Crippen molar-refractivity contribution in [1.29, 1.82) is 0 Å². The highest BCUT2D eigenvalue weighted by molar-refractivity contribution is 5.98. The van der Waals surface area contributed by atoms with Gasteiger partial charge in [-0.2, -0.15) is 18.3 Å². The van der Waals surface area contributed by atoms with E-state index in [2.05, 4.69) is 15.8 Å². The third-order valence-corrected chi connectivity index (χ3v) is 6.74. The molecule has 2 aliphatic rings. The van der Waals surface area contributed by atoms with Gasteiger partial charge in [0.2, 0.25) is 5.76 Å². The van der Waals surface area contributed by atoms with Crippen LogP contribution in [-0.4, -0.2) is 45.6 Å². The molecular weight excluding hydrogens is 503 g/mol. The predicted molar refractivity (Wildman–Crippen MR) is 129 cm³/mol. The Kier molecular flexibility index (Phi) is 7.39. The first-order chi connectivity index (χ1) is 18.2. The number of rotatable bonds is 11. The van der Waals surface area contributed by atoms with Crippen LogP contribution in [0.15, 0.2) is 41.1 Å². The van der Waals surface area contributed by atoms with E-state index in [1.807, 2.05) is 10.7 Å². The van der Waals surface area contributed by atoms with Crippen molar-refractivity contribution in [3.05, 3.63) is 64.8 Å². The molecule has 0 unspecified atom stereocenters. The van der Waals surface area contributed by atoms with Crippen LogP contribution in [0.2, 0.25) is 0 Å². The van der Waals surface area contributed by atoms with Gasteiger partial charge in [-0.15, -0.1) is 0 Å². The zero-order valence-corrected chi connectivity index (χ0v) is 20.6. The first-order valence-electron chi connectivity index (χ1n) is 12.6. The topological polar surface area (TPSA) is 111 Å². The van der Waals surface area contributed by atoms with Gasteiger partial charge in [0.1, 0.15) is 5.75 Å². The van der Waals surface area contributed by atoms with Crippen molar-refractivity contribution in [3.8, 4) is 5.75 Å². The number of nitrogens with zero attached hydrogens (tertiary/aromatic N) is 3. The van der Waals surface area contributed by atoms with Crippen LogP contribution in [0, 0.1) is 5.92 Å². The molecule has 1 atom stereocenters. The number of fused-ring (bicyclic) bond motifs is 1. The number of ether oxygens (including phenoxy) is 1. The second-order valence-electron chi connectivity index (χ2n) is 9.75. The van der Waals surface area contributed by atoms with Crippen LogP contribution in [0.5, 0.6) is 5.75 Å². The van der Waals surface area contributed by atoms with E-state index in [0.717, 1.165) is 12.0 Å². The summed E-state index contributed by atoms with van der Waals surface area (Å²) in [4.78, 5) is 25.6. The number of hydrogen-bond acceptors (Lipinski definition) is 6. The van der Waals surface area contributed by atoms with Crippen molar-refractivity contribution in [1.82, 2.24) is 25.6 Å². The van der Waals surface area contributed by atoms with Gasteiger partial charge >= 0.3 is 6.18 Å². The van der Waals surface area contributed by atoms with E-state index in [4.69, 9.17) is 14.4 Å². The van der Waals surface area contributed by atoms with Crippen molar-refractivity contribution in [2.75, 3.05) is 6.61 Å². The molecule has 0 spiro atoms. The number of carbonyl (C=O) groups excluding carboxylic acids is 2. The summed E-state index contributed by atoms with van der Waals surface area (Å²) < 4.78 is 49.0. The molecule has 3 heterocycles. The van der Waals surface area contributed by atoms with Crippen molar-refractivity contribution in [3.63, 3.8) is 0 Å². The van der Waals surface area contributed by atoms with Gasteiger partial charge in [-0.3, -0.25) is 14.3 Å². The normalized spacial score (nSPS) is 17.1. The molecule has 1 aliphatic heterocycles. The van der Waals surface area contributed by atoms with Crippen LogP contribution in [0.1, 0.15) is 63.5 Å². The van der Waals surface area contributed by atoms with Gasteiger partial charge < -0.3 is 19.9 Å². The average Bonchev–Trinajstić information content (AvgIpc) is 3.40. The lowest BCUT2D eigenvalue weighted by molar-refractivity contribution is -0.153. The molecule has 1 aromatic carbocycles. The van der Waals surface area contributed by atoms with E-state index >= 15 is 0 Å². The number of hydrogen-bond donors (Lipinski definition) is 2. The van der Waals surface area contributed by atoms with Crippen LogP contribution >= 0.6 is 0 Å². The first kappa shape index (κ1) is 25.8. The van der Waals surface area contributed by atoms with Crippen LogP contribution in [0.25, 0.3) is 0 Å². The summed E-state index contributed by atoms with van der Waals surface area (Å²) in [6.07, 6.45) is 1.99. The molecule has 9 nitrogen and oxygen atoms in total. The molecule has 202 valence electrons. The molecule has 3 aromatic rings. The molecule has 2 aromatic heterocycles. The van der Waals surface area contributed by atoms with Gasteiger partial charge in [-0.05, 0) is 42.9 Å². The third-order valence-electron chi connectivity index (χ3n) is 6.74. The zero-order valence-electron chi connectivity index (χ0n) is 20.6. The summed E-state index contributed by atoms with van der Waals surface area (Å²) >= 11 is 0. The van der Waals surface area contributed by atoms with Crippen LogP contribution in [-0.2, 0) is 25.9 Å². The number of halogens is 3. The summed E-state index contributed by atoms with van der Waals surface area (Å²) in [6, 6.07) is 7.82. The lowest BCUT2D eigenvalue weighted by atomic mass is 9.95. The van der Waals surface area contributed by atoms with Crippen LogP contribution in [0.4, 0.5) is 13.2 Å². The van der Waals surface area contributed by atoms with Crippen molar-refractivity contribution in [2.24, 2.45) is 5.92 Å². The highest BCUT2D eigenvalue weighted by Gasteiger charge is 2.32. The Balaban J connectivity index is 1.25. The highest BCUT2D eigenvalue weighted by atomic mass is 19.4. The second-order valence-corrected chi connectivity index (χ2v) is 9.75. The fourth-order valence-electron chi connectivity index (χ4n) is 4.63. The first-order valence-corrected chi connectivity index (χ1v) is 12.6. The molecular formula is C26H28F3N5O4. The molecule has 0 saturated heterocycles. The number of amides is 2. The Hall–Kier alpha value is -3.83. The number of aryl methyl sites for hydroxylation is 2. The van der Waals surface area contributed by atoms with Crippen LogP contribution < -0.4 is 15.4 Å². The standard InChI is InChI=1S/C26H28F3N5O4/c27-26(28,29)15-37-19-3-1-2-17(12-19)6-7-18-13-20-23(25(36)32-18)21(34(33-20)11-9-16-4-5-16)14-30-24(35)22-8-10-31-38-22/h1-3,8,10,12,16,18H,4-7,9,11,13-15H2,(H,30,35)(H,32,36)/t18-/m0/s1. The summed E-state index contributed by atoms with van der Waals surface area (Å²) in [5.74, 6) is 0.230. The number of benzene rings is 1. The van der Waals surface area contributed by atoms with E-state index in [1.165, 1.54) is 31.2 Å². The quantitative estimate of drug-likeness (QED) is 0.389. The van der Waals surface area contributed by atoms with Gasteiger partial charge in [0, 0.05) is 25.1 Å². The minimum atomic E-state index is -4.40. The molecule has 1 saturated carbocycles. The molecule has 2 N–H and O–H groups in total. The molecule has 5 rings (SSSR count). The van der Waals surface area contributed by atoms with E-state index in [1.54, 1.807) is 12.1 Å². The van der Waals surface area contributed by atoms with E-state index in [9.17, 15) is 22.8 Å². The number of aromatic nitrogens is 3. The van der Waals surface area contributed by atoms with Gasteiger partial charge in [-0.25, -0.2) is 0 Å². The summed E-state index contributed by atoms with van der Waals surface area (Å²) in [5.41, 5.74) is 2.63.